The zero-order valence-corrected chi connectivity index (χ0v) is 15.6. The maximum Gasteiger partial charge on any atom is 0.222 e. The molecule has 0 spiro atoms. The quantitative estimate of drug-likeness (QED) is 0.611. The zero-order chi connectivity index (χ0) is 17.8. The smallest absolute Gasteiger partial charge is 0.222 e. The van der Waals surface area contributed by atoms with Gasteiger partial charge >= 0.3 is 0 Å². The number of carbonyl (C=O) groups excluding carboxylic acids is 1. The molecule has 25 heavy (non-hydrogen) atoms. The minimum atomic E-state index is 0.117. The Bertz CT molecular complexity index is 888. The number of fused-ring (bicyclic) bond motifs is 1. The number of hydrogen-bond donors (Lipinski definition) is 1. The molecule has 0 aliphatic rings. The Morgan fingerprint density at radius 2 is 1.92 bits per heavy atom. The molecule has 3 rings (SSSR count). The van der Waals surface area contributed by atoms with E-state index in [-0.39, 0.29) is 5.91 Å². The molecular weight excluding hydrogens is 355 g/mol. The van der Waals surface area contributed by atoms with Gasteiger partial charge in [-0.1, -0.05) is 47.5 Å². The van der Waals surface area contributed by atoms with Gasteiger partial charge in [0, 0.05) is 47.2 Å². The number of rotatable bonds is 6. The summed E-state index contributed by atoms with van der Waals surface area (Å²) in [5.74, 6) is 0.117. The monoisotopic (exact) mass is 374 g/mol. The normalized spacial score (nSPS) is 11.0. The molecule has 0 fully saturated rings. The van der Waals surface area contributed by atoms with Crippen LogP contribution in [-0.4, -0.2) is 22.8 Å². The third kappa shape index (κ3) is 4.36. The summed E-state index contributed by atoms with van der Waals surface area (Å²) < 4.78 is 0. The predicted molar refractivity (Wildman–Crippen MR) is 104 cm³/mol. The van der Waals surface area contributed by atoms with Gasteiger partial charge in [0.05, 0.1) is 0 Å². The molecule has 1 heterocycles. The van der Waals surface area contributed by atoms with Crippen molar-refractivity contribution in [2.75, 3.05) is 7.05 Å². The summed E-state index contributed by atoms with van der Waals surface area (Å²) in [5, 5.41) is 2.42. The number of aryl methyl sites for hydroxylation is 1. The number of nitrogens with one attached hydrogen (secondary N) is 1. The summed E-state index contributed by atoms with van der Waals surface area (Å²) in [4.78, 5) is 17.4. The van der Waals surface area contributed by atoms with E-state index >= 15 is 0 Å². The number of para-hydroxylation sites is 1. The van der Waals surface area contributed by atoms with Gasteiger partial charge in [-0.15, -0.1) is 0 Å². The summed E-state index contributed by atoms with van der Waals surface area (Å²) >= 11 is 12.1. The van der Waals surface area contributed by atoms with Gasteiger partial charge in [0.25, 0.3) is 0 Å². The number of halogens is 2. The number of amides is 1. The van der Waals surface area contributed by atoms with Crippen molar-refractivity contribution in [3.05, 3.63) is 69.8 Å². The number of aromatic nitrogens is 1. The van der Waals surface area contributed by atoms with Crippen LogP contribution in [0.5, 0.6) is 0 Å². The van der Waals surface area contributed by atoms with E-state index in [0.29, 0.717) is 23.0 Å². The minimum absolute atomic E-state index is 0.117. The number of H-pyrrole nitrogens is 1. The third-order valence-corrected chi connectivity index (χ3v) is 4.95. The van der Waals surface area contributed by atoms with Crippen molar-refractivity contribution in [2.24, 2.45) is 0 Å². The predicted octanol–water partition coefficient (Wildman–Crippen LogP) is 5.46. The average molecular weight is 375 g/mol. The summed E-state index contributed by atoms with van der Waals surface area (Å²) in [6, 6.07) is 13.6. The van der Waals surface area contributed by atoms with Crippen LogP contribution in [0.4, 0.5) is 0 Å². The number of nitrogens with zero attached hydrogens (tertiary/aromatic N) is 1. The topological polar surface area (TPSA) is 36.1 Å². The molecule has 0 saturated carbocycles. The lowest BCUT2D eigenvalue weighted by atomic mass is 10.1. The third-order valence-electron chi connectivity index (χ3n) is 4.36. The van der Waals surface area contributed by atoms with E-state index in [1.165, 1.54) is 10.9 Å². The number of hydrogen-bond acceptors (Lipinski definition) is 1. The highest BCUT2D eigenvalue weighted by Gasteiger charge is 2.12. The molecule has 2 aromatic carbocycles. The van der Waals surface area contributed by atoms with E-state index in [1.807, 2.05) is 24.4 Å². The maximum absolute atomic E-state index is 12.4. The van der Waals surface area contributed by atoms with Crippen LogP contribution in [0.25, 0.3) is 10.9 Å². The second-order valence-electron chi connectivity index (χ2n) is 6.20. The molecule has 0 aliphatic carbocycles. The number of aromatic amines is 1. The highest BCUT2D eigenvalue weighted by Crippen LogP contribution is 2.23. The van der Waals surface area contributed by atoms with Crippen molar-refractivity contribution in [1.29, 1.82) is 0 Å². The van der Waals surface area contributed by atoms with Crippen LogP contribution in [0, 0.1) is 0 Å². The molecule has 130 valence electrons. The van der Waals surface area contributed by atoms with Crippen LogP contribution in [0.1, 0.15) is 24.0 Å². The van der Waals surface area contributed by atoms with Crippen molar-refractivity contribution in [3.8, 4) is 0 Å². The molecule has 1 aromatic heterocycles. The van der Waals surface area contributed by atoms with Crippen LogP contribution in [-0.2, 0) is 17.8 Å². The van der Waals surface area contributed by atoms with E-state index in [4.69, 9.17) is 23.2 Å². The van der Waals surface area contributed by atoms with Gasteiger partial charge in [-0.05, 0) is 42.2 Å². The van der Waals surface area contributed by atoms with Crippen molar-refractivity contribution in [2.45, 2.75) is 25.8 Å². The lowest BCUT2D eigenvalue weighted by Crippen LogP contribution is -2.26. The molecule has 0 unspecified atom stereocenters. The fourth-order valence-corrected chi connectivity index (χ4v) is 3.42. The SMILES string of the molecule is CN(Cc1ccc(Cl)cc1Cl)C(=O)CCCc1c[nH]c2ccccc12. The molecule has 0 radical (unpaired) electrons. The van der Waals surface area contributed by atoms with E-state index < -0.39 is 0 Å². The highest BCUT2D eigenvalue weighted by atomic mass is 35.5. The zero-order valence-electron chi connectivity index (χ0n) is 14.1. The van der Waals surface area contributed by atoms with Gasteiger partial charge in [-0.2, -0.15) is 0 Å². The van der Waals surface area contributed by atoms with E-state index in [2.05, 4.69) is 17.1 Å². The van der Waals surface area contributed by atoms with Gasteiger partial charge < -0.3 is 9.88 Å². The van der Waals surface area contributed by atoms with Gasteiger partial charge in [0.2, 0.25) is 5.91 Å². The van der Waals surface area contributed by atoms with Gasteiger partial charge in [-0.3, -0.25) is 4.79 Å². The standard InChI is InChI=1S/C20H20Cl2N2O/c1-24(13-15-9-10-16(21)11-18(15)22)20(25)8-4-5-14-12-23-19-7-3-2-6-17(14)19/h2-3,6-7,9-12,23H,4-5,8,13H2,1H3. The second-order valence-corrected chi connectivity index (χ2v) is 7.04. The van der Waals surface area contributed by atoms with Crippen molar-refractivity contribution in [3.63, 3.8) is 0 Å². The average Bonchev–Trinajstić information content (AvgIpc) is 3.00. The molecule has 3 nitrogen and oxygen atoms in total. The fraction of sp³-hybridized carbons (Fsp3) is 0.250. The molecule has 3 aromatic rings. The Morgan fingerprint density at radius 3 is 2.72 bits per heavy atom. The number of carbonyl (C=O) groups is 1. The Morgan fingerprint density at radius 1 is 1.12 bits per heavy atom. The van der Waals surface area contributed by atoms with E-state index in [9.17, 15) is 4.79 Å². The van der Waals surface area contributed by atoms with E-state index in [1.54, 1.807) is 24.1 Å². The van der Waals surface area contributed by atoms with Crippen molar-refractivity contribution < 1.29 is 4.79 Å². The first-order valence-electron chi connectivity index (χ1n) is 8.27. The summed E-state index contributed by atoms with van der Waals surface area (Å²) in [6.07, 6.45) is 4.25. The molecule has 0 aliphatic heterocycles. The summed E-state index contributed by atoms with van der Waals surface area (Å²) in [7, 11) is 1.80. The first-order chi connectivity index (χ1) is 12.0. The molecule has 0 atom stereocenters. The maximum atomic E-state index is 12.4. The van der Waals surface area contributed by atoms with Crippen molar-refractivity contribution >= 4 is 40.0 Å². The summed E-state index contributed by atoms with van der Waals surface area (Å²) in [6.45, 7) is 0.488. The van der Waals surface area contributed by atoms with Gasteiger partial charge in [-0.25, -0.2) is 0 Å². The Hall–Kier alpha value is -1.97. The van der Waals surface area contributed by atoms with Gasteiger partial charge in [0.1, 0.15) is 0 Å². The van der Waals surface area contributed by atoms with Crippen LogP contribution >= 0.6 is 23.2 Å². The molecule has 1 N–H and O–H groups in total. The van der Waals surface area contributed by atoms with Crippen LogP contribution < -0.4 is 0 Å². The van der Waals surface area contributed by atoms with Crippen LogP contribution in [0.3, 0.4) is 0 Å². The molecule has 0 saturated heterocycles. The van der Waals surface area contributed by atoms with Crippen LogP contribution in [0.2, 0.25) is 10.0 Å². The fourth-order valence-electron chi connectivity index (χ4n) is 2.95. The largest absolute Gasteiger partial charge is 0.361 e. The molecular formula is C20H20Cl2N2O. The molecule has 0 bridgehead atoms. The number of benzene rings is 2. The highest BCUT2D eigenvalue weighted by molar-refractivity contribution is 6.35. The Kier molecular flexibility index (Phi) is 5.67. The first kappa shape index (κ1) is 17.8. The lowest BCUT2D eigenvalue weighted by molar-refractivity contribution is -0.130. The molecule has 1 amide bonds. The van der Waals surface area contributed by atoms with Crippen molar-refractivity contribution in [1.82, 2.24) is 9.88 Å². The second kappa shape index (κ2) is 7.94. The molecule has 5 heteroatoms. The van der Waals surface area contributed by atoms with E-state index in [0.717, 1.165) is 23.9 Å². The summed E-state index contributed by atoms with van der Waals surface area (Å²) in [5.41, 5.74) is 3.30. The van der Waals surface area contributed by atoms with Gasteiger partial charge in [0.15, 0.2) is 0 Å². The first-order valence-corrected chi connectivity index (χ1v) is 9.03. The Labute approximate surface area is 157 Å². The minimum Gasteiger partial charge on any atom is -0.361 e. The van der Waals surface area contributed by atoms with Crippen LogP contribution in [0.15, 0.2) is 48.7 Å². The Balaban J connectivity index is 1.53. The lowest BCUT2D eigenvalue weighted by Gasteiger charge is -2.18.